The molecule has 172 valence electrons. The Labute approximate surface area is 199 Å². The zero-order valence-electron chi connectivity index (χ0n) is 19.7. The molecule has 1 atom stereocenters. The first-order chi connectivity index (χ1) is 15.7. The van der Waals surface area contributed by atoms with Crippen molar-refractivity contribution in [3.05, 3.63) is 88.2 Å². The standard InChI is InChI=1S/C27H30N2O3S/c1-18(2)27(5,21-10-12-22(13-11-21)31-17-24-28-14-15-33-24)20-8-6-19(7-9-20)25-29-23(16-32-25)26(3,4)30/h6-16,18,30H,17H2,1-5H3. The Morgan fingerprint density at radius 1 is 1.00 bits per heavy atom. The highest BCUT2D eigenvalue weighted by Gasteiger charge is 2.32. The number of benzene rings is 2. The summed E-state index contributed by atoms with van der Waals surface area (Å²) in [6.07, 6.45) is 3.31. The Balaban J connectivity index is 1.56. The maximum absolute atomic E-state index is 10.2. The molecule has 0 aliphatic carbocycles. The lowest BCUT2D eigenvalue weighted by atomic mass is 9.68. The fourth-order valence-electron chi connectivity index (χ4n) is 3.85. The molecule has 0 saturated heterocycles. The van der Waals surface area contributed by atoms with Gasteiger partial charge >= 0.3 is 0 Å². The van der Waals surface area contributed by atoms with Crippen LogP contribution in [0.4, 0.5) is 0 Å². The zero-order valence-corrected chi connectivity index (χ0v) is 20.5. The van der Waals surface area contributed by atoms with E-state index >= 15 is 0 Å². The van der Waals surface area contributed by atoms with Crippen molar-refractivity contribution >= 4 is 11.3 Å². The molecule has 0 amide bonds. The number of hydrogen-bond donors (Lipinski definition) is 1. The number of thiazole rings is 1. The van der Waals surface area contributed by atoms with Crippen LogP contribution in [0.25, 0.3) is 11.5 Å². The number of nitrogens with zero attached hydrogens (tertiary/aromatic N) is 2. The number of hydrogen-bond acceptors (Lipinski definition) is 6. The minimum atomic E-state index is -1.03. The third kappa shape index (κ3) is 4.87. The molecule has 1 N–H and O–H groups in total. The monoisotopic (exact) mass is 462 g/mol. The normalized spacial score (nSPS) is 13.8. The Bertz CT molecular complexity index is 1170. The quantitative estimate of drug-likeness (QED) is 0.321. The summed E-state index contributed by atoms with van der Waals surface area (Å²) in [6, 6.07) is 16.7. The first-order valence-corrected chi connectivity index (χ1v) is 12.0. The molecular formula is C27H30N2O3S. The van der Waals surface area contributed by atoms with E-state index in [1.54, 1.807) is 31.4 Å². The lowest BCUT2D eigenvalue weighted by molar-refractivity contribution is 0.0738. The second-order valence-electron chi connectivity index (χ2n) is 9.27. The number of rotatable bonds is 8. The molecule has 2 heterocycles. The molecule has 0 aliphatic rings. The van der Waals surface area contributed by atoms with Crippen molar-refractivity contribution in [2.75, 3.05) is 0 Å². The van der Waals surface area contributed by atoms with Gasteiger partial charge in [0.1, 0.15) is 34.9 Å². The summed E-state index contributed by atoms with van der Waals surface area (Å²) in [5.41, 5.74) is 2.63. The molecule has 5 nitrogen and oxygen atoms in total. The van der Waals surface area contributed by atoms with Crippen LogP contribution in [-0.4, -0.2) is 15.1 Å². The van der Waals surface area contributed by atoms with Gasteiger partial charge in [-0.15, -0.1) is 11.3 Å². The number of oxazole rings is 1. The van der Waals surface area contributed by atoms with Crippen LogP contribution < -0.4 is 4.74 Å². The molecule has 0 bridgehead atoms. The third-order valence-electron chi connectivity index (χ3n) is 6.32. The van der Waals surface area contributed by atoms with Crippen LogP contribution in [-0.2, 0) is 17.6 Å². The summed E-state index contributed by atoms with van der Waals surface area (Å²) in [6.45, 7) is 10.6. The minimum absolute atomic E-state index is 0.179. The molecule has 0 aliphatic heterocycles. The molecule has 4 aromatic rings. The fourth-order valence-corrected chi connectivity index (χ4v) is 4.37. The van der Waals surface area contributed by atoms with Gasteiger partial charge in [0.05, 0.1) is 0 Å². The van der Waals surface area contributed by atoms with Crippen molar-refractivity contribution < 1.29 is 14.3 Å². The van der Waals surface area contributed by atoms with Crippen LogP contribution in [0.5, 0.6) is 5.75 Å². The maximum atomic E-state index is 10.2. The molecule has 0 spiro atoms. The summed E-state index contributed by atoms with van der Waals surface area (Å²) >= 11 is 1.59. The summed E-state index contributed by atoms with van der Waals surface area (Å²) in [5, 5.41) is 13.1. The van der Waals surface area contributed by atoms with E-state index in [1.807, 2.05) is 29.6 Å². The average Bonchev–Trinajstić information content (AvgIpc) is 3.50. The van der Waals surface area contributed by atoms with Crippen LogP contribution in [0, 0.1) is 5.92 Å². The van der Waals surface area contributed by atoms with Crippen LogP contribution in [0.1, 0.15) is 56.4 Å². The van der Waals surface area contributed by atoms with Gasteiger partial charge in [0.2, 0.25) is 5.89 Å². The lowest BCUT2D eigenvalue weighted by Crippen LogP contribution is -2.30. The Morgan fingerprint density at radius 2 is 1.64 bits per heavy atom. The van der Waals surface area contributed by atoms with Crippen molar-refractivity contribution in [3.63, 3.8) is 0 Å². The molecule has 2 aromatic carbocycles. The van der Waals surface area contributed by atoms with Gasteiger partial charge in [0, 0.05) is 22.6 Å². The Morgan fingerprint density at radius 3 is 2.15 bits per heavy atom. The SMILES string of the molecule is CC(C)C(C)(c1ccc(OCc2nccs2)cc1)c1ccc(-c2nc(C(C)(C)O)co2)cc1. The largest absolute Gasteiger partial charge is 0.486 e. The van der Waals surface area contributed by atoms with Gasteiger partial charge in [0.15, 0.2) is 0 Å². The van der Waals surface area contributed by atoms with Crippen LogP contribution in [0.3, 0.4) is 0 Å². The highest BCUT2D eigenvalue weighted by atomic mass is 32.1. The predicted molar refractivity (Wildman–Crippen MR) is 131 cm³/mol. The number of ether oxygens (including phenoxy) is 1. The number of aromatic nitrogens is 2. The highest BCUT2D eigenvalue weighted by molar-refractivity contribution is 7.09. The number of aliphatic hydroxyl groups is 1. The summed E-state index contributed by atoms with van der Waals surface area (Å²) in [7, 11) is 0. The molecule has 0 radical (unpaired) electrons. The first kappa shape index (κ1) is 23.2. The van der Waals surface area contributed by atoms with Gasteiger partial charge in [-0.2, -0.15) is 0 Å². The van der Waals surface area contributed by atoms with Crippen LogP contribution in [0.15, 0.2) is 70.8 Å². The van der Waals surface area contributed by atoms with Crippen molar-refractivity contribution in [2.24, 2.45) is 5.92 Å². The predicted octanol–water partition coefficient (Wildman–Crippen LogP) is 6.57. The summed E-state index contributed by atoms with van der Waals surface area (Å²) in [4.78, 5) is 8.71. The molecule has 6 heteroatoms. The smallest absolute Gasteiger partial charge is 0.226 e. The van der Waals surface area contributed by atoms with E-state index < -0.39 is 5.60 Å². The van der Waals surface area contributed by atoms with E-state index in [0.717, 1.165) is 16.3 Å². The molecule has 33 heavy (non-hydrogen) atoms. The van der Waals surface area contributed by atoms with E-state index in [2.05, 4.69) is 55.0 Å². The second-order valence-corrected chi connectivity index (χ2v) is 10.2. The minimum Gasteiger partial charge on any atom is -0.486 e. The van der Waals surface area contributed by atoms with Gasteiger partial charge in [-0.25, -0.2) is 9.97 Å². The van der Waals surface area contributed by atoms with Gasteiger partial charge in [-0.1, -0.05) is 45.0 Å². The van der Waals surface area contributed by atoms with Gasteiger partial charge in [-0.3, -0.25) is 0 Å². The van der Waals surface area contributed by atoms with Crippen molar-refractivity contribution in [1.29, 1.82) is 0 Å². The maximum Gasteiger partial charge on any atom is 0.226 e. The van der Waals surface area contributed by atoms with Gasteiger partial charge in [0.25, 0.3) is 0 Å². The lowest BCUT2D eigenvalue weighted by Gasteiger charge is -2.35. The van der Waals surface area contributed by atoms with E-state index in [-0.39, 0.29) is 5.41 Å². The molecule has 2 aromatic heterocycles. The van der Waals surface area contributed by atoms with Crippen LogP contribution in [0.2, 0.25) is 0 Å². The fraction of sp³-hybridized carbons (Fsp3) is 0.333. The molecule has 0 saturated carbocycles. The second kappa shape index (κ2) is 9.12. The summed E-state index contributed by atoms with van der Waals surface area (Å²) < 4.78 is 11.5. The van der Waals surface area contributed by atoms with Crippen molar-refractivity contribution in [3.8, 4) is 17.2 Å². The van der Waals surface area contributed by atoms with Crippen molar-refractivity contribution in [2.45, 2.75) is 52.2 Å². The highest BCUT2D eigenvalue weighted by Crippen LogP contribution is 2.40. The average molecular weight is 463 g/mol. The van der Waals surface area contributed by atoms with Gasteiger partial charge in [-0.05, 0) is 55.2 Å². The van der Waals surface area contributed by atoms with E-state index in [0.29, 0.717) is 24.1 Å². The molecule has 1 unspecified atom stereocenters. The van der Waals surface area contributed by atoms with Crippen LogP contribution >= 0.6 is 11.3 Å². The molecular weight excluding hydrogens is 432 g/mol. The topological polar surface area (TPSA) is 68.4 Å². The van der Waals surface area contributed by atoms with E-state index in [1.165, 1.54) is 17.4 Å². The Hall–Kier alpha value is -2.96. The molecule has 4 rings (SSSR count). The van der Waals surface area contributed by atoms with Crippen molar-refractivity contribution in [1.82, 2.24) is 9.97 Å². The third-order valence-corrected chi connectivity index (χ3v) is 7.07. The zero-order chi connectivity index (χ0) is 23.6. The summed E-state index contributed by atoms with van der Waals surface area (Å²) in [5.74, 6) is 1.71. The van der Waals surface area contributed by atoms with E-state index in [9.17, 15) is 5.11 Å². The Kier molecular flexibility index (Phi) is 6.41. The first-order valence-electron chi connectivity index (χ1n) is 11.1. The van der Waals surface area contributed by atoms with Gasteiger partial charge < -0.3 is 14.3 Å². The van der Waals surface area contributed by atoms with E-state index in [4.69, 9.17) is 9.15 Å². The molecule has 0 fully saturated rings.